The molecule has 1 unspecified atom stereocenters. The van der Waals surface area contributed by atoms with E-state index in [1.807, 2.05) is 0 Å². The number of terminal acetylenes is 1. The van der Waals surface area contributed by atoms with E-state index in [9.17, 15) is 19.8 Å². The number of amides is 1. The van der Waals surface area contributed by atoms with Crippen LogP contribution in [0.3, 0.4) is 0 Å². The highest BCUT2D eigenvalue weighted by atomic mass is 16.4. The maximum Gasteiger partial charge on any atom is 0.326 e. The molecular formula is C15H15NO4. The van der Waals surface area contributed by atoms with E-state index in [2.05, 4.69) is 5.92 Å². The van der Waals surface area contributed by atoms with Gasteiger partial charge in [-0.1, -0.05) is 5.92 Å². The smallest absolute Gasteiger partial charge is 0.326 e. The van der Waals surface area contributed by atoms with Crippen LogP contribution in [0.25, 0.3) is 0 Å². The van der Waals surface area contributed by atoms with E-state index < -0.39 is 17.9 Å². The second-order valence-electron chi connectivity index (χ2n) is 4.72. The molecular weight excluding hydrogens is 258 g/mol. The molecule has 0 radical (unpaired) electrons. The molecule has 2 N–H and O–H groups in total. The molecule has 104 valence electrons. The lowest BCUT2D eigenvalue weighted by Gasteiger charge is -2.33. The molecule has 1 aliphatic heterocycles. The van der Waals surface area contributed by atoms with Crippen molar-refractivity contribution >= 4 is 11.9 Å². The first-order valence-corrected chi connectivity index (χ1v) is 6.38. The van der Waals surface area contributed by atoms with Crippen LogP contribution in [0.5, 0.6) is 5.75 Å². The van der Waals surface area contributed by atoms with Gasteiger partial charge < -0.3 is 15.1 Å². The first-order chi connectivity index (χ1) is 9.54. The largest absolute Gasteiger partial charge is 0.507 e. The van der Waals surface area contributed by atoms with Crippen molar-refractivity contribution in [2.24, 2.45) is 0 Å². The quantitative estimate of drug-likeness (QED) is 0.799. The molecule has 1 aromatic rings. The maximum atomic E-state index is 12.4. The number of phenols is 1. The van der Waals surface area contributed by atoms with Gasteiger partial charge in [0, 0.05) is 12.1 Å². The average Bonchev–Trinajstić information content (AvgIpc) is 2.46. The molecule has 1 aromatic carbocycles. The van der Waals surface area contributed by atoms with Gasteiger partial charge in [-0.2, -0.15) is 0 Å². The fourth-order valence-electron chi connectivity index (χ4n) is 2.38. The Hall–Kier alpha value is -2.48. The van der Waals surface area contributed by atoms with Crippen molar-refractivity contribution in [1.82, 2.24) is 4.90 Å². The van der Waals surface area contributed by atoms with Gasteiger partial charge in [0.15, 0.2) is 0 Å². The van der Waals surface area contributed by atoms with E-state index in [1.54, 1.807) is 0 Å². The molecule has 1 saturated heterocycles. The zero-order valence-electron chi connectivity index (χ0n) is 10.9. The Balaban J connectivity index is 2.28. The molecule has 5 nitrogen and oxygen atoms in total. The number of rotatable bonds is 2. The summed E-state index contributed by atoms with van der Waals surface area (Å²) in [6.07, 6.45) is 7.23. The molecule has 0 aromatic heterocycles. The molecule has 2 rings (SSSR count). The number of carboxylic acids is 1. The number of carboxylic acid groups (broad SMARTS) is 1. The van der Waals surface area contributed by atoms with Gasteiger partial charge in [0.05, 0.1) is 5.56 Å². The highest BCUT2D eigenvalue weighted by molar-refractivity contribution is 5.97. The van der Waals surface area contributed by atoms with Crippen LogP contribution in [0.15, 0.2) is 18.2 Å². The molecule has 1 heterocycles. The molecule has 1 aliphatic rings. The van der Waals surface area contributed by atoms with Crippen LogP contribution in [0.2, 0.25) is 0 Å². The van der Waals surface area contributed by atoms with Gasteiger partial charge in [-0.15, -0.1) is 6.42 Å². The maximum absolute atomic E-state index is 12.4. The fraction of sp³-hybridized carbons (Fsp3) is 0.333. The van der Waals surface area contributed by atoms with Gasteiger partial charge in [0.2, 0.25) is 0 Å². The average molecular weight is 273 g/mol. The van der Waals surface area contributed by atoms with Crippen molar-refractivity contribution in [1.29, 1.82) is 0 Å². The van der Waals surface area contributed by atoms with Crippen LogP contribution in [-0.2, 0) is 4.79 Å². The Kier molecular flexibility index (Phi) is 3.94. The summed E-state index contributed by atoms with van der Waals surface area (Å²) in [6, 6.07) is 3.46. The summed E-state index contributed by atoms with van der Waals surface area (Å²) in [5, 5.41) is 18.9. The Morgan fingerprint density at radius 3 is 2.70 bits per heavy atom. The van der Waals surface area contributed by atoms with Crippen LogP contribution < -0.4 is 0 Å². The number of carbonyl (C=O) groups excluding carboxylic acids is 1. The third-order valence-corrected chi connectivity index (χ3v) is 3.45. The fourth-order valence-corrected chi connectivity index (χ4v) is 2.38. The second kappa shape index (κ2) is 5.66. The van der Waals surface area contributed by atoms with E-state index in [4.69, 9.17) is 6.42 Å². The predicted octanol–water partition coefficient (Wildman–Crippen LogP) is 1.45. The molecule has 20 heavy (non-hydrogen) atoms. The molecule has 0 bridgehead atoms. The summed E-state index contributed by atoms with van der Waals surface area (Å²) in [5.74, 6) is 0.758. The van der Waals surface area contributed by atoms with Gasteiger partial charge in [-0.25, -0.2) is 4.79 Å². The summed E-state index contributed by atoms with van der Waals surface area (Å²) in [4.78, 5) is 24.9. The van der Waals surface area contributed by atoms with Crippen LogP contribution >= 0.6 is 0 Å². The summed E-state index contributed by atoms with van der Waals surface area (Å²) in [6.45, 7) is 0.410. The van der Waals surface area contributed by atoms with E-state index in [0.29, 0.717) is 18.5 Å². The first kappa shape index (κ1) is 13.9. The standard InChI is InChI=1S/C15H15NO4/c1-2-10-6-7-11(9-13(10)17)14(18)16-8-4-3-5-12(16)15(19)20/h1,6-7,9,12,17H,3-5,8H2,(H,19,20). The van der Waals surface area contributed by atoms with Crippen molar-refractivity contribution in [3.05, 3.63) is 29.3 Å². The van der Waals surface area contributed by atoms with E-state index in [0.717, 1.165) is 12.8 Å². The Morgan fingerprint density at radius 1 is 1.35 bits per heavy atom. The summed E-state index contributed by atoms with van der Waals surface area (Å²) in [5.41, 5.74) is 0.546. The normalized spacial score (nSPS) is 18.4. The lowest BCUT2D eigenvalue weighted by Crippen LogP contribution is -2.47. The van der Waals surface area contributed by atoms with Crippen LogP contribution in [0, 0.1) is 12.3 Å². The number of phenolic OH excluding ortho intramolecular Hbond substituents is 1. The molecule has 1 fully saturated rings. The van der Waals surface area contributed by atoms with Crippen molar-refractivity contribution in [3.63, 3.8) is 0 Å². The minimum atomic E-state index is -0.998. The zero-order chi connectivity index (χ0) is 14.7. The third-order valence-electron chi connectivity index (χ3n) is 3.45. The van der Waals surface area contributed by atoms with E-state index >= 15 is 0 Å². The van der Waals surface area contributed by atoms with Gasteiger partial charge in [0.1, 0.15) is 11.8 Å². The van der Waals surface area contributed by atoms with Gasteiger partial charge in [-0.05, 0) is 37.5 Å². The predicted molar refractivity (Wildman–Crippen MR) is 72.4 cm³/mol. The monoisotopic (exact) mass is 273 g/mol. The summed E-state index contributed by atoms with van der Waals surface area (Å²) < 4.78 is 0. The van der Waals surface area contributed by atoms with Crippen LogP contribution in [-0.4, -0.2) is 39.6 Å². The molecule has 0 spiro atoms. The summed E-state index contributed by atoms with van der Waals surface area (Å²) in [7, 11) is 0. The zero-order valence-corrected chi connectivity index (χ0v) is 10.9. The number of aromatic hydroxyl groups is 1. The number of likely N-dealkylation sites (tertiary alicyclic amines) is 1. The van der Waals surface area contributed by atoms with E-state index in [-0.39, 0.29) is 11.3 Å². The van der Waals surface area contributed by atoms with Crippen molar-refractivity contribution in [3.8, 4) is 18.1 Å². The van der Waals surface area contributed by atoms with Crippen LogP contribution in [0.1, 0.15) is 35.2 Å². The lowest BCUT2D eigenvalue weighted by atomic mass is 10.0. The summed E-state index contributed by atoms with van der Waals surface area (Å²) >= 11 is 0. The minimum absolute atomic E-state index is 0.151. The SMILES string of the molecule is C#Cc1ccc(C(=O)N2CCCCC2C(=O)O)cc1O. The topological polar surface area (TPSA) is 77.8 Å². The third kappa shape index (κ3) is 2.59. The van der Waals surface area contributed by atoms with Gasteiger partial charge >= 0.3 is 5.97 Å². The highest BCUT2D eigenvalue weighted by Gasteiger charge is 2.32. The van der Waals surface area contributed by atoms with E-state index in [1.165, 1.54) is 23.1 Å². The van der Waals surface area contributed by atoms with Gasteiger partial charge in [0.25, 0.3) is 5.91 Å². The molecule has 1 amide bonds. The van der Waals surface area contributed by atoms with Crippen LogP contribution in [0.4, 0.5) is 0 Å². The number of hydrogen-bond donors (Lipinski definition) is 2. The lowest BCUT2D eigenvalue weighted by molar-refractivity contribution is -0.143. The molecule has 5 heteroatoms. The Labute approximate surface area is 116 Å². The molecule has 1 atom stereocenters. The second-order valence-corrected chi connectivity index (χ2v) is 4.72. The van der Waals surface area contributed by atoms with Gasteiger partial charge in [-0.3, -0.25) is 4.79 Å². The first-order valence-electron chi connectivity index (χ1n) is 6.38. The van der Waals surface area contributed by atoms with Crippen molar-refractivity contribution in [2.75, 3.05) is 6.54 Å². The number of aliphatic carboxylic acids is 1. The Morgan fingerprint density at radius 2 is 2.10 bits per heavy atom. The number of benzene rings is 1. The molecule has 0 aliphatic carbocycles. The molecule has 0 saturated carbocycles. The highest BCUT2D eigenvalue weighted by Crippen LogP contribution is 2.23. The Bertz CT molecular complexity index is 588. The number of nitrogens with zero attached hydrogens (tertiary/aromatic N) is 1. The van der Waals surface area contributed by atoms with Crippen molar-refractivity contribution < 1.29 is 19.8 Å². The van der Waals surface area contributed by atoms with Crippen molar-refractivity contribution in [2.45, 2.75) is 25.3 Å². The number of hydrogen-bond acceptors (Lipinski definition) is 3. The number of carbonyl (C=O) groups is 2. The number of piperidine rings is 1. The minimum Gasteiger partial charge on any atom is -0.507 e.